The van der Waals surface area contributed by atoms with Crippen LogP contribution in [-0.2, 0) is 9.59 Å². The molecule has 5 nitrogen and oxygen atoms in total. The predicted molar refractivity (Wildman–Crippen MR) is 63.5 cm³/mol. The van der Waals surface area contributed by atoms with Crippen molar-refractivity contribution in [2.75, 3.05) is 11.9 Å². The number of carbonyl (C=O) groups is 2. The maximum atomic E-state index is 12.0. The predicted octanol–water partition coefficient (Wildman–Crippen LogP) is 2.43. The van der Waals surface area contributed by atoms with E-state index in [9.17, 15) is 22.8 Å². The minimum absolute atomic E-state index is 0.00906. The molecule has 0 atom stereocenters. The molecule has 1 rings (SSSR count). The number of ether oxygens (including phenoxy) is 1. The first-order valence-corrected chi connectivity index (χ1v) is 5.62. The van der Waals surface area contributed by atoms with Gasteiger partial charge in [-0.25, -0.2) is 0 Å². The summed E-state index contributed by atoms with van der Waals surface area (Å²) in [7, 11) is 0. The van der Waals surface area contributed by atoms with Crippen LogP contribution in [0.2, 0.25) is 0 Å². The topological polar surface area (TPSA) is 75.6 Å². The van der Waals surface area contributed by atoms with Gasteiger partial charge in [0.2, 0.25) is 0 Å². The molecule has 2 N–H and O–H groups in total. The Kier molecular flexibility index (Phi) is 5.36. The highest BCUT2D eigenvalue weighted by Crippen LogP contribution is 2.20. The third-order valence-corrected chi connectivity index (χ3v) is 2.17. The minimum Gasteiger partial charge on any atom is -0.494 e. The Bertz CT molecular complexity index is 471. The molecule has 0 aliphatic carbocycles. The number of anilines is 1. The Hall–Kier alpha value is -2.25. The van der Waals surface area contributed by atoms with Crippen molar-refractivity contribution in [3.63, 3.8) is 0 Å². The van der Waals surface area contributed by atoms with Crippen LogP contribution in [0.4, 0.5) is 18.9 Å². The first kappa shape index (κ1) is 15.8. The summed E-state index contributed by atoms with van der Waals surface area (Å²) in [6.45, 7) is 0.181. The highest BCUT2D eigenvalue weighted by Gasteiger charge is 2.38. The Labute approximate surface area is 112 Å². The number of rotatable bonds is 6. The summed E-state index contributed by atoms with van der Waals surface area (Å²) >= 11 is 0. The molecule has 0 fully saturated rings. The number of halogens is 3. The quantitative estimate of drug-likeness (QED) is 0.789. The normalized spacial score (nSPS) is 10.9. The van der Waals surface area contributed by atoms with Gasteiger partial charge in [0.25, 0.3) is 0 Å². The number of hydrogen-bond donors (Lipinski definition) is 2. The summed E-state index contributed by atoms with van der Waals surface area (Å²) < 4.78 is 41.2. The van der Waals surface area contributed by atoms with E-state index in [1.807, 2.05) is 0 Å². The van der Waals surface area contributed by atoms with Crippen molar-refractivity contribution in [1.82, 2.24) is 0 Å². The van der Waals surface area contributed by atoms with E-state index in [2.05, 4.69) is 0 Å². The number of carboxylic acids is 1. The largest absolute Gasteiger partial charge is 0.494 e. The molecule has 20 heavy (non-hydrogen) atoms. The smallest absolute Gasteiger partial charge is 0.471 e. The Morgan fingerprint density at radius 3 is 2.30 bits per heavy atom. The van der Waals surface area contributed by atoms with Crippen molar-refractivity contribution in [2.45, 2.75) is 19.0 Å². The molecular weight excluding hydrogens is 279 g/mol. The molecule has 0 heterocycles. The van der Waals surface area contributed by atoms with Crippen molar-refractivity contribution in [1.29, 1.82) is 0 Å². The fraction of sp³-hybridized carbons (Fsp3) is 0.333. The van der Waals surface area contributed by atoms with Gasteiger partial charge in [0, 0.05) is 12.1 Å². The molecule has 0 aromatic heterocycles. The van der Waals surface area contributed by atoms with Gasteiger partial charge in [-0.15, -0.1) is 0 Å². The van der Waals surface area contributed by atoms with Gasteiger partial charge in [0.15, 0.2) is 0 Å². The van der Waals surface area contributed by atoms with Crippen molar-refractivity contribution < 1.29 is 32.6 Å². The summed E-state index contributed by atoms with van der Waals surface area (Å²) in [4.78, 5) is 20.9. The van der Waals surface area contributed by atoms with E-state index in [0.717, 1.165) is 0 Å². The molecule has 0 spiro atoms. The molecule has 0 saturated heterocycles. The Morgan fingerprint density at radius 2 is 1.80 bits per heavy atom. The number of hydrogen-bond acceptors (Lipinski definition) is 3. The van der Waals surface area contributed by atoms with E-state index >= 15 is 0 Å². The van der Waals surface area contributed by atoms with Gasteiger partial charge in [-0.2, -0.15) is 13.2 Å². The molecule has 8 heteroatoms. The number of aliphatic carboxylic acids is 1. The summed E-state index contributed by atoms with van der Waals surface area (Å²) in [6, 6.07) is 5.28. The van der Waals surface area contributed by atoms with Gasteiger partial charge in [-0.05, 0) is 30.7 Å². The maximum absolute atomic E-state index is 12.0. The highest BCUT2D eigenvalue weighted by molar-refractivity contribution is 5.94. The van der Waals surface area contributed by atoms with E-state index in [4.69, 9.17) is 9.84 Å². The van der Waals surface area contributed by atoms with Crippen LogP contribution in [0.1, 0.15) is 12.8 Å². The first-order valence-electron chi connectivity index (χ1n) is 5.62. The van der Waals surface area contributed by atoms with Crippen LogP contribution >= 0.6 is 0 Å². The number of amides is 1. The average molecular weight is 291 g/mol. The second-order valence-electron chi connectivity index (χ2n) is 3.82. The second-order valence-corrected chi connectivity index (χ2v) is 3.82. The lowest BCUT2D eigenvalue weighted by Crippen LogP contribution is -2.29. The summed E-state index contributed by atoms with van der Waals surface area (Å²) in [6.07, 6.45) is -4.65. The molecule has 0 bridgehead atoms. The van der Waals surface area contributed by atoms with Gasteiger partial charge in [0.1, 0.15) is 5.75 Å². The summed E-state index contributed by atoms with van der Waals surface area (Å²) in [5.41, 5.74) is -0.00906. The van der Waals surface area contributed by atoms with Crippen molar-refractivity contribution in [3.05, 3.63) is 24.3 Å². The minimum atomic E-state index is -4.94. The number of alkyl halides is 3. The Morgan fingerprint density at radius 1 is 1.20 bits per heavy atom. The van der Waals surface area contributed by atoms with Crippen molar-refractivity contribution in [2.24, 2.45) is 0 Å². The summed E-state index contributed by atoms with van der Waals surface area (Å²) in [5, 5.41) is 10.1. The number of nitrogens with one attached hydrogen (secondary N) is 1. The van der Waals surface area contributed by atoms with Crippen LogP contribution in [0.15, 0.2) is 24.3 Å². The zero-order valence-electron chi connectivity index (χ0n) is 10.2. The van der Waals surface area contributed by atoms with Crippen molar-refractivity contribution >= 4 is 17.6 Å². The van der Waals surface area contributed by atoms with Gasteiger partial charge in [-0.3, -0.25) is 9.59 Å². The lowest BCUT2D eigenvalue weighted by Gasteiger charge is -2.09. The third kappa shape index (κ3) is 5.59. The molecule has 0 aliphatic rings. The molecule has 0 radical (unpaired) electrons. The molecule has 0 unspecified atom stereocenters. The molecule has 0 saturated carbocycles. The van der Waals surface area contributed by atoms with Crippen LogP contribution in [0, 0.1) is 0 Å². The number of benzene rings is 1. The highest BCUT2D eigenvalue weighted by atomic mass is 19.4. The molecule has 0 aliphatic heterocycles. The lowest BCUT2D eigenvalue weighted by atomic mass is 10.3. The van der Waals surface area contributed by atoms with Gasteiger partial charge in [-0.1, -0.05) is 0 Å². The fourth-order valence-electron chi connectivity index (χ4n) is 1.25. The number of carbonyl (C=O) groups excluding carboxylic acids is 1. The molecule has 1 amide bonds. The van der Waals surface area contributed by atoms with E-state index in [0.29, 0.717) is 12.2 Å². The van der Waals surface area contributed by atoms with Crippen LogP contribution in [0.3, 0.4) is 0 Å². The first-order chi connectivity index (χ1) is 9.29. The van der Waals surface area contributed by atoms with Crippen LogP contribution in [0.5, 0.6) is 5.75 Å². The maximum Gasteiger partial charge on any atom is 0.471 e. The van der Waals surface area contributed by atoms with Crippen molar-refractivity contribution in [3.8, 4) is 5.75 Å². The molecule has 1 aromatic rings. The van der Waals surface area contributed by atoms with E-state index in [1.165, 1.54) is 24.3 Å². The van der Waals surface area contributed by atoms with E-state index < -0.39 is 18.1 Å². The third-order valence-electron chi connectivity index (χ3n) is 2.17. The van der Waals surface area contributed by atoms with Crippen LogP contribution in [-0.4, -0.2) is 29.8 Å². The standard InChI is InChI=1S/C12H12F3NO4/c13-12(14,15)11(19)16-8-3-5-9(6-4-8)20-7-1-2-10(17)18/h3-6H,1-2,7H2,(H,16,19)(H,17,18). The zero-order valence-corrected chi connectivity index (χ0v) is 10.2. The zero-order chi connectivity index (χ0) is 15.2. The molecule has 110 valence electrons. The van der Waals surface area contributed by atoms with Gasteiger partial charge in [0.05, 0.1) is 6.61 Å². The van der Waals surface area contributed by atoms with Crippen LogP contribution in [0.25, 0.3) is 0 Å². The fourth-order valence-corrected chi connectivity index (χ4v) is 1.25. The second kappa shape index (κ2) is 6.78. The van der Waals surface area contributed by atoms with Crippen LogP contribution < -0.4 is 10.1 Å². The lowest BCUT2D eigenvalue weighted by molar-refractivity contribution is -0.167. The van der Waals surface area contributed by atoms with Gasteiger partial charge >= 0.3 is 18.1 Å². The van der Waals surface area contributed by atoms with Gasteiger partial charge < -0.3 is 15.2 Å². The summed E-state index contributed by atoms with van der Waals surface area (Å²) in [5.74, 6) is -2.60. The number of carboxylic acid groups (broad SMARTS) is 1. The molecular formula is C12H12F3NO4. The average Bonchev–Trinajstić information content (AvgIpc) is 2.35. The van der Waals surface area contributed by atoms with E-state index in [-0.39, 0.29) is 18.7 Å². The SMILES string of the molecule is O=C(O)CCCOc1ccc(NC(=O)C(F)(F)F)cc1. The Balaban J connectivity index is 2.44. The van der Waals surface area contributed by atoms with E-state index in [1.54, 1.807) is 5.32 Å². The molecule has 1 aromatic carbocycles. The monoisotopic (exact) mass is 291 g/mol.